The molecular formula is C23H37NO5. The van der Waals surface area contributed by atoms with Crippen LogP contribution in [0.2, 0.25) is 0 Å². The van der Waals surface area contributed by atoms with Crippen molar-refractivity contribution in [3.05, 3.63) is 30.3 Å². The fourth-order valence-electron chi connectivity index (χ4n) is 4.36. The average Bonchev–Trinajstić information content (AvgIpc) is 3.00. The number of anilines is 1. The maximum atomic E-state index is 11.1. The lowest BCUT2D eigenvalue weighted by atomic mass is 9.85. The van der Waals surface area contributed by atoms with Crippen LogP contribution in [0.15, 0.2) is 30.3 Å². The number of aliphatic hydroxyl groups is 3. The molecule has 2 rings (SSSR count). The summed E-state index contributed by atoms with van der Waals surface area (Å²) in [5, 5.41) is 34.3. The molecule has 0 amide bonds. The summed E-state index contributed by atoms with van der Waals surface area (Å²) in [5.41, 5.74) is 0.980. The van der Waals surface area contributed by atoms with Gasteiger partial charge in [0.15, 0.2) is 0 Å². The summed E-state index contributed by atoms with van der Waals surface area (Å²) in [4.78, 5) is 11.1. The van der Waals surface area contributed by atoms with Gasteiger partial charge in [-0.2, -0.15) is 0 Å². The molecule has 0 bridgehead atoms. The number of hydrogen-bond acceptors (Lipinski definition) is 6. The Morgan fingerprint density at radius 3 is 2.41 bits per heavy atom. The number of carbonyl (C=O) groups excluding carboxylic acids is 1. The van der Waals surface area contributed by atoms with Gasteiger partial charge in [0.1, 0.15) is 0 Å². The zero-order valence-corrected chi connectivity index (χ0v) is 17.5. The van der Waals surface area contributed by atoms with Crippen molar-refractivity contribution >= 4 is 11.7 Å². The maximum absolute atomic E-state index is 11.1. The van der Waals surface area contributed by atoms with Gasteiger partial charge < -0.3 is 25.4 Å². The van der Waals surface area contributed by atoms with Crippen molar-refractivity contribution < 1.29 is 24.9 Å². The van der Waals surface area contributed by atoms with E-state index in [-0.39, 0.29) is 17.8 Å². The molecule has 0 aliphatic heterocycles. The monoisotopic (exact) mass is 407 g/mol. The molecule has 0 radical (unpaired) electrons. The SMILES string of the molecule is COC(=O)CCCCCC[C@@H]1[C@@H](CCC(O)CNc2ccccc2)[C@H](O)C[C@@H]1O. The summed E-state index contributed by atoms with van der Waals surface area (Å²) in [7, 11) is 1.41. The van der Waals surface area contributed by atoms with E-state index in [4.69, 9.17) is 0 Å². The largest absolute Gasteiger partial charge is 0.469 e. The van der Waals surface area contributed by atoms with Gasteiger partial charge in [-0.05, 0) is 56.1 Å². The van der Waals surface area contributed by atoms with Crippen molar-refractivity contribution in [1.29, 1.82) is 0 Å². The standard InChI is InChI=1S/C23H37NO5/c1-29-23(28)12-8-3-2-7-11-19-20(22(27)15-21(19)26)14-13-18(25)16-24-17-9-5-4-6-10-17/h4-6,9-10,18-22,24-27H,2-3,7-8,11-16H2,1H3/t18?,19-,20-,21+,22-/m1/s1. The Morgan fingerprint density at radius 1 is 1.07 bits per heavy atom. The van der Waals surface area contributed by atoms with Gasteiger partial charge >= 0.3 is 5.97 Å². The number of nitrogens with one attached hydrogen (secondary N) is 1. The number of carbonyl (C=O) groups is 1. The molecule has 0 spiro atoms. The van der Waals surface area contributed by atoms with Crippen LogP contribution in [0.25, 0.3) is 0 Å². The van der Waals surface area contributed by atoms with Crippen LogP contribution in [0.4, 0.5) is 5.69 Å². The summed E-state index contributed by atoms with van der Waals surface area (Å²) in [6.07, 6.45) is 5.40. The molecule has 0 heterocycles. The highest BCUT2D eigenvalue weighted by Gasteiger charge is 2.40. The van der Waals surface area contributed by atoms with Crippen LogP contribution in [0.5, 0.6) is 0 Å². The lowest BCUT2D eigenvalue weighted by Gasteiger charge is -2.25. The molecule has 1 aromatic rings. The van der Waals surface area contributed by atoms with E-state index in [1.807, 2.05) is 30.3 Å². The van der Waals surface area contributed by atoms with Crippen LogP contribution in [-0.4, -0.2) is 53.3 Å². The zero-order valence-electron chi connectivity index (χ0n) is 17.5. The highest BCUT2D eigenvalue weighted by atomic mass is 16.5. The van der Waals surface area contributed by atoms with Crippen molar-refractivity contribution in [3.63, 3.8) is 0 Å². The van der Waals surface area contributed by atoms with Crippen molar-refractivity contribution in [2.45, 2.75) is 76.1 Å². The Balaban J connectivity index is 1.67. The van der Waals surface area contributed by atoms with Gasteiger partial charge in [-0.3, -0.25) is 4.79 Å². The van der Waals surface area contributed by atoms with Gasteiger partial charge in [0.05, 0.1) is 25.4 Å². The molecule has 1 saturated carbocycles. The number of rotatable bonds is 13. The molecule has 164 valence electrons. The van der Waals surface area contributed by atoms with Crippen LogP contribution < -0.4 is 5.32 Å². The van der Waals surface area contributed by atoms with Crippen molar-refractivity contribution in [2.75, 3.05) is 19.0 Å². The van der Waals surface area contributed by atoms with E-state index in [1.54, 1.807) is 0 Å². The zero-order chi connectivity index (χ0) is 21.1. The van der Waals surface area contributed by atoms with E-state index in [9.17, 15) is 20.1 Å². The normalized spacial score (nSPS) is 25.0. The number of methoxy groups -OCH3 is 1. The van der Waals surface area contributed by atoms with Crippen LogP contribution in [0.3, 0.4) is 0 Å². The van der Waals surface area contributed by atoms with E-state index in [1.165, 1.54) is 7.11 Å². The predicted molar refractivity (Wildman–Crippen MR) is 114 cm³/mol. The summed E-state index contributed by atoms with van der Waals surface area (Å²) in [6.45, 7) is 0.472. The second-order valence-electron chi connectivity index (χ2n) is 8.21. The van der Waals surface area contributed by atoms with Crippen molar-refractivity contribution in [3.8, 4) is 0 Å². The van der Waals surface area contributed by atoms with Crippen molar-refractivity contribution in [2.24, 2.45) is 11.8 Å². The highest BCUT2D eigenvalue weighted by molar-refractivity contribution is 5.68. The number of ether oxygens (including phenoxy) is 1. The molecule has 5 atom stereocenters. The van der Waals surface area contributed by atoms with E-state index < -0.39 is 18.3 Å². The number of hydrogen-bond donors (Lipinski definition) is 4. The third-order valence-electron chi connectivity index (χ3n) is 6.07. The molecule has 6 nitrogen and oxygen atoms in total. The molecule has 1 aromatic carbocycles. The Bertz CT molecular complexity index is 582. The van der Waals surface area contributed by atoms with Crippen LogP contribution in [0, 0.1) is 11.8 Å². The van der Waals surface area contributed by atoms with Gasteiger partial charge in [0.25, 0.3) is 0 Å². The molecular weight excluding hydrogens is 370 g/mol. The third kappa shape index (κ3) is 8.33. The maximum Gasteiger partial charge on any atom is 0.305 e. The number of unbranched alkanes of at least 4 members (excludes halogenated alkanes) is 3. The van der Waals surface area contributed by atoms with E-state index in [2.05, 4.69) is 10.1 Å². The average molecular weight is 408 g/mol. The molecule has 4 N–H and O–H groups in total. The second-order valence-corrected chi connectivity index (χ2v) is 8.21. The quantitative estimate of drug-likeness (QED) is 0.296. The van der Waals surface area contributed by atoms with Gasteiger partial charge in [-0.15, -0.1) is 0 Å². The number of aliphatic hydroxyl groups excluding tert-OH is 3. The molecule has 1 fully saturated rings. The lowest BCUT2D eigenvalue weighted by Crippen LogP contribution is -2.26. The third-order valence-corrected chi connectivity index (χ3v) is 6.07. The molecule has 0 aromatic heterocycles. The number of para-hydroxylation sites is 1. The van der Waals surface area contributed by atoms with E-state index in [0.29, 0.717) is 32.2 Å². The van der Waals surface area contributed by atoms with E-state index >= 15 is 0 Å². The Hall–Kier alpha value is -1.63. The van der Waals surface area contributed by atoms with Crippen molar-refractivity contribution in [1.82, 2.24) is 0 Å². The van der Waals surface area contributed by atoms with Gasteiger partial charge in [0.2, 0.25) is 0 Å². The molecule has 1 aliphatic rings. The minimum atomic E-state index is -0.497. The topological polar surface area (TPSA) is 99.0 Å². The molecule has 1 unspecified atom stereocenters. The van der Waals surface area contributed by atoms with Gasteiger partial charge in [-0.1, -0.05) is 37.5 Å². The van der Waals surface area contributed by atoms with Gasteiger partial charge in [0, 0.05) is 18.7 Å². The Morgan fingerprint density at radius 2 is 1.72 bits per heavy atom. The minimum absolute atomic E-state index is 0.0337. The molecule has 6 heteroatoms. The minimum Gasteiger partial charge on any atom is -0.469 e. The molecule has 0 saturated heterocycles. The first-order valence-corrected chi connectivity index (χ1v) is 10.9. The van der Waals surface area contributed by atoms with E-state index in [0.717, 1.165) is 37.8 Å². The summed E-state index contributed by atoms with van der Waals surface area (Å²) in [6, 6.07) is 9.78. The smallest absolute Gasteiger partial charge is 0.305 e. The summed E-state index contributed by atoms with van der Waals surface area (Å²) in [5.74, 6) is -0.0500. The first-order valence-electron chi connectivity index (χ1n) is 10.9. The number of benzene rings is 1. The highest BCUT2D eigenvalue weighted by Crippen LogP contribution is 2.39. The molecule has 1 aliphatic carbocycles. The first kappa shape index (κ1) is 23.6. The first-order chi connectivity index (χ1) is 14.0. The Kier molecular flexibility index (Phi) is 10.5. The van der Waals surface area contributed by atoms with Crippen LogP contribution >= 0.6 is 0 Å². The number of esters is 1. The second kappa shape index (κ2) is 12.8. The predicted octanol–water partition coefficient (Wildman–Crippen LogP) is 3.11. The van der Waals surface area contributed by atoms with Crippen LogP contribution in [0.1, 0.15) is 57.8 Å². The molecule has 29 heavy (non-hydrogen) atoms. The fourth-order valence-corrected chi connectivity index (χ4v) is 4.36. The summed E-state index contributed by atoms with van der Waals surface area (Å²) >= 11 is 0. The lowest BCUT2D eigenvalue weighted by molar-refractivity contribution is -0.140. The Labute approximate surface area is 174 Å². The summed E-state index contributed by atoms with van der Waals surface area (Å²) < 4.78 is 4.64. The van der Waals surface area contributed by atoms with Crippen LogP contribution in [-0.2, 0) is 9.53 Å². The van der Waals surface area contributed by atoms with Gasteiger partial charge in [-0.25, -0.2) is 0 Å². The fraction of sp³-hybridized carbons (Fsp3) is 0.696.